The summed E-state index contributed by atoms with van der Waals surface area (Å²) in [5.41, 5.74) is 0.837. The van der Waals surface area contributed by atoms with Gasteiger partial charge in [0.25, 0.3) is 0 Å². The van der Waals surface area contributed by atoms with Crippen LogP contribution < -0.4 is 0 Å². The van der Waals surface area contributed by atoms with E-state index in [2.05, 4.69) is 4.98 Å². The molecule has 68 valence electrons. The van der Waals surface area contributed by atoms with Crippen LogP contribution >= 0.6 is 0 Å². The molecular weight excluding hydrogens is 168 g/mol. The van der Waals surface area contributed by atoms with Crippen molar-refractivity contribution in [3.8, 4) is 5.75 Å². The topological polar surface area (TPSA) is 57.8 Å². The van der Waals surface area contributed by atoms with Crippen LogP contribution in [0.25, 0.3) is 5.52 Å². The van der Waals surface area contributed by atoms with Crippen LogP contribution in [0.15, 0.2) is 24.5 Å². The minimum Gasteiger partial charge on any atom is -0.508 e. The zero-order chi connectivity index (χ0) is 9.26. The van der Waals surface area contributed by atoms with Gasteiger partial charge in [0, 0.05) is 18.7 Å². The zero-order valence-corrected chi connectivity index (χ0v) is 7.01. The zero-order valence-electron chi connectivity index (χ0n) is 7.01. The third-order valence-corrected chi connectivity index (χ3v) is 1.93. The van der Waals surface area contributed by atoms with Gasteiger partial charge in [0.1, 0.15) is 11.6 Å². The number of nitrogens with zero attached hydrogens (tertiary/aromatic N) is 2. The number of fused-ring (bicyclic) bond motifs is 1. The lowest BCUT2D eigenvalue weighted by Gasteiger charge is -1.98. The van der Waals surface area contributed by atoms with Crippen molar-refractivity contribution in [3.05, 3.63) is 30.4 Å². The summed E-state index contributed by atoms with van der Waals surface area (Å²) >= 11 is 0. The molecule has 0 aliphatic carbocycles. The second-order valence-corrected chi connectivity index (χ2v) is 2.83. The summed E-state index contributed by atoms with van der Waals surface area (Å²) in [5.74, 6) is 1.03. The predicted octanol–water partition coefficient (Wildman–Crippen LogP) is 0.575. The molecule has 2 aromatic rings. The van der Waals surface area contributed by atoms with E-state index in [1.54, 1.807) is 24.5 Å². The number of aromatic hydroxyl groups is 1. The van der Waals surface area contributed by atoms with Gasteiger partial charge in [-0.25, -0.2) is 4.98 Å². The number of aliphatic hydroxyl groups excluding tert-OH is 1. The van der Waals surface area contributed by atoms with Gasteiger partial charge in [-0.1, -0.05) is 0 Å². The second kappa shape index (κ2) is 3.06. The second-order valence-electron chi connectivity index (χ2n) is 2.83. The highest BCUT2D eigenvalue weighted by Crippen LogP contribution is 2.14. The monoisotopic (exact) mass is 178 g/mol. The Morgan fingerprint density at radius 2 is 2.31 bits per heavy atom. The average Bonchev–Trinajstić information content (AvgIpc) is 2.49. The number of imidazole rings is 1. The molecule has 0 radical (unpaired) electrons. The summed E-state index contributed by atoms with van der Waals surface area (Å²) in [7, 11) is 0. The summed E-state index contributed by atoms with van der Waals surface area (Å²) in [4.78, 5) is 4.12. The molecule has 4 heteroatoms. The normalized spacial score (nSPS) is 10.8. The molecule has 0 aromatic carbocycles. The van der Waals surface area contributed by atoms with Gasteiger partial charge in [-0.15, -0.1) is 0 Å². The van der Waals surface area contributed by atoms with Crippen molar-refractivity contribution in [2.45, 2.75) is 6.42 Å². The molecule has 0 fully saturated rings. The lowest BCUT2D eigenvalue weighted by atomic mass is 10.4. The Kier molecular flexibility index (Phi) is 1.90. The van der Waals surface area contributed by atoms with Gasteiger partial charge in [0.15, 0.2) is 0 Å². The van der Waals surface area contributed by atoms with E-state index in [0.29, 0.717) is 6.42 Å². The van der Waals surface area contributed by atoms with Crippen molar-refractivity contribution in [2.75, 3.05) is 6.61 Å². The van der Waals surface area contributed by atoms with E-state index in [0.717, 1.165) is 11.3 Å². The van der Waals surface area contributed by atoms with Crippen LogP contribution in [0.3, 0.4) is 0 Å². The number of aromatic nitrogens is 2. The van der Waals surface area contributed by atoms with Crippen LogP contribution in [0.4, 0.5) is 0 Å². The van der Waals surface area contributed by atoms with Gasteiger partial charge >= 0.3 is 0 Å². The molecule has 4 nitrogen and oxygen atoms in total. The van der Waals surface area contributed by atoms with E-state index in [9.17, 15) is 5.11 Å². The molecule has 13 heavy (non-hydrogen) atoms. The highest BCUT2D eigenvalue weighted by molar-refractivity contribution is 5.50. The van der Waals surface area contributed by atoms with E-state index in [-0.39, 0.29) is 12.4 Å². The predicted molar refractivity (Wildman–Crippen MR) is 47.6 cm³/mol. The first kappa shape index (κ1) is 8.07. The minimum absolute atomic E-state index is 0.0833. The average molecular weight is 178 g/mol. The van der Waals surface area contributed by atoms with Crippen LogP contribution in [0.5, 0.6) is 5.75 Å². The molecule has 0 spiro atoms. The fourth-order valence-corrected chi connectivity index (χ4v) is 1.33. The van der Waals surface area contributed by atoms with Crippen molar-refractivity contribution >= 4 is 5.52 Å². The number of rotatable bonds is 2. The Labute approximate surface area is 75.1 Å². The summed E-state index contributed by atoms with van der Waals surface area (Å²) in [5, 5.41) is 17.9. The minimum atomic E-state index is 0.0833. The van der Waals surface area contributed by atoms with E-state index in [4.69, 9.17) is 5.11 Å². The number of hydrogen-bond donors (Lipinski definition) is 2. The largest absolute Gasteiger partial charge is 0.508 e. The third kappa shape index (κ3) is 1.36. The van der Waals surface area contributed by atoms with E-state index < -0.39 is 0 Å². The van der Waals surface area contributed by atoms with E-state index >= 15 is 0 Å². The van der Waals surface area contributed by atoms with Crippen LogP contribution in [0, 0.1) is 0 Å². The van der Waals surface area contributed by atoms with Crippen molar-refractivity contribution in [1.82, 2.24) is 9.38 Å². The first-order valence-electron chi connectivity index (χ1n) is 4.07. The Morgan fingerprint density at radius 1 is 1.46 bits per heavy atom. The lowest BCUT2D eigenvalue weighted by Crippen LogP contribution is -1.97. The van der Waals surface area contributed by atoms with Crippen LogP contribution in [-0.2, 0) is 6.42 Å². The fourth-order valence-electron chi connectivity index (χ4n) is 1.33. The number of aliphatic hydroxyl groups is 1. The van der Waals surface area contributed by atoms with Gasteiger partial charge < -0.3 is 14.6 Å². The molecule has 0 saturated heterocycles. The number of hydrogen-bond acceptors (Lipinski definition) is 3. The first-order valence-corrected chi connectivity index (χ1v) is 4.07. The summed E-state index contributed by atoms with van der Waals surface area (Å²) in [6.07, 6.45) is 3.94. The molecule has 0 unspecified atom stereocenters. The van der Waals surface area contributed by atoms with Crippen LogP contribution in [-0.4, -0.2) is 26.2 Å². The van der Waals surface area contributed by atoms with Gasteiger partial charge in [-0.05, 0) is 6.07 Å². The molecule has 2 aromatic heterocycles. The standard InChI is InChI=1S/C9H10N2O2/c12-4-2-9-10-6-7-5-8(13)1-3-11(7)9/h1,3,5-6,12-13H,2,4H2. The van der Waals surface area contributed by atoms with Crippen molar-refractivity contribution in [1.29, 1.82) is 0 Å². The Morgan fingerprint density at radius 3 is 3.08 bits per heavy atom. The van der Waals surface area contributed by atoms with Gasteiger partial charge in [0.05, 0.1) is 18.3 Å². The molecule has 0 saturated carbocycles. The smallest absolute Gasteiger partial charge is 0.119 e. The Hall–Kier alpha value is -1.55. The lowest BCUT2D eigenvalue weighted by molar-refractivity contribution is 0.296. The van der Waals surface area contributed by atoms with Crippen molar-refractivity contribution in [2.24, 2.45) is 0 Å². The number of pyridine rings is 1. The van der Waals surface area contributed by atoms with Gasteiger partial charge in [-0.2, -0.15) is 0 Å². The molecule has 0 atom stereocenters. The van der Waals surface area contributed by atoms with Crippen molar-refractivity contribution in [3.63, 3.8) is 0 Å². The van der Waals surface area contributed by atoms with Crippen LogP contribution in [0.2, 0.25) is 0 Å². The SMILES string of the molecule is OCCc1ncc2cc(O)ccn12. The maximum Gasteiger partial charge on any atom is 0.119 e. The maximum absolute atomic E-state index is 9.18. The quantitative estimate of drug-likeness (QED) is 0.707. The molecule has 0 amide bonds. The highest BCUT2D eigenvalue weighted by Gasteiger charge is 2.02. The third-order valence-electron chi connectivity index (χ3n) is 1.93. The molecule has 0 aliphatic rings. The summed E-state index contributed by atoms with van der Waals surface area (Å²) in [6, 6.07) is 3.23. The molecule has 2 rings (SSSR count). The summed E-state index contributed by atoms with van der Waals surface area (Å²) < 4.78 is 1.84. The Bertz CT molecular complexity index is 422. The molecular formula is C9H10N2O2. The molecule has 2 N–H and O–H groups in total. The van der Waals surface area contributed by atoms with Crippen LogP contribution in [0.1, 0.15) is 5.82 Å². The van der Waals surface area contributed by atoms with Gasteiger partial charge in [-0.3, -0.25) is 0 Å². The molecule has 2 heterocycles. The summed E-state index contributed by atoms with van der Waals surface area (Å²) in [6.45, 7) is 0.0833. The van der Waals surface area contributed by atoms with Gasteiger partial charge in [0.2, 0.25) is 0 Å². The Balaban J connectivity index is 2.55. The first-order chi connectivity index (χ1) is 6.31. The molecule has 0 bridgehead atoms. The van der Waals surface area contributed by atoms with E-state index in [1.165, 1.54) is 0 Å². The molecule has 0 aliphatic heterocycles. The van der Waals surface area contributed by atoms with Crippen molar-refractivity contribution < 1.29 is 10.2 Å². The van der Waals surface area contributed by atoms with E-state index in [1.807, 2.05) is 4.40 Å². The fraction of sp³-hybridized carbons (Fsp3) is 0.222. The highest BCUT2D eigenvalue weighted by atomic mass is 16.3. The maximum atomic E-state index is 9.18.